The van der Waals surface area contributed by atoms with Crippen molar-refractivity contribution in [3.63, 3.8) is 0 Å². The normalized spacial score (nSPS) is 11.1. The zero-order valence-corrected chi connectivity index (χ0v) is 25.7. The highest BCUT2D eigenvalue weighted by Crippen LogP contribution is 2.23. The molecule has 0 aliphatic carbocycles. The van der Waals surface area contributed by atoms with E-state index in [0.717, 1.165) is 16.3 Å². The Hall–Kier alpha value is -5.91. The molecule has 0 saturated carbocycles. The molecule has 4 aromatic carbocycles. The SMILES string of the molecule is N=C(N)c1ccc2cc(OC(=O)c3ccc(OCCNC(=O)C(CCCCNC=O)NC(=O)OCc4ccccc4)cc3)ccc2c1. The van der Waals surface area contributed by atoms with Crippen molar-refractivity contribution in [2.45, 2.75) is 31.9 Å². The molecule has 0 aliphatic heterocycles. The van der Waals surface area contributed by atoms with Gasteiger partial charge in [-0.1, -0.05) is 48.5 Å². The average Bonchev–Trinajstić information content (AvgIpc) is 3.09. The van der Waals surface area contributed by atoms with Crippen LogP contribution < -0.4 is 31.2 Å². The van der Waals surface area contributed by atoms with Crippen molar-refractivity contribution < 1.29 is 33.4 Å². The van der Waals surface area contributed by atoms with E-state index in [-0.39, 0.29) is 31.5 Å². The summed E-state index contributed by atoms with van der Waals surface area (Å²) in [5.74, 6) is -0.0770. The Kier molecular flexibility index (Phi) is 12.7. The van der Waals surface area contributed by atoms with Crippen LogP contribution in [0.3, 0.4) is 0 Å². The summed E-state index contributed by atoms with van der Waals surface area (Å²) in [6.07, 6.45) is 1.49. The minimum absolute atomic E-state index is 0.0211. The first-order valence-electron chi connectivity index (χ1n) is 15.1. The van der Waals surface area contributed by atoms with Gasteiger partial charge in [-0.15, -0.1) is 0 Å². The number of hydrogen-bond acceptors (Lipinski definition) is 8. The van der Waals surface area contributed by atoms with Crippen molar-refractivity contribution >= 4 is 41.0 Å². The maximum atomic E-state index is 12.9. The highest BCUT2D eigenvalue weighted by Gasteiger charge is 2.21. The van der Waals surface area contributed by atoms with Crippen LogP contribution in [-0.2, 0) is 20.9 Å². The Morgan fingerprint density at radius 3 is 2.28 bits per heavy atom. The van der Waals surface area contributed by atoms with Crippen LogP contribution in [0.5, 0.6) is 11.5 Å². The molecule has 12 heteroatoms. The van der Waals surface area contributed by atoms with Gasteiger partial charge in [-0.3, -0.25) is 15.0 Å². The number of esters is 1. The summed E-state index contributed by atoms with van der Waals surface area (Å²) in [5.41, 5.74) is 7.32. The number of hydrogen-bond donors (Lipinski definition) is 5. The largest absolute Gasteiger partial charge is 0.492 e. The zero-order chi connectivity index (χ0) is 33.4. The molecule has 1 atom stereocenters. The first kappa shape index (κ1) is 34.0. The fourth-order valence-corrected chi connectivity index (χ4v) is 4.58. The molecule has 47 heavy (non-hydrogen) atoms. The molecule has 0 heterocycles. The fourth-order valence-electron chi connectivity index (χ4n) is 4.58. The molecule has 4 aromatic rings. The Morgan fingerprint density at radius 1 is 0.830 bits per heavy atom. The molecule has 0 bridgehead atoms. The standard InChI is InChI=1S/C35H37N5O7/c36-32(37)28-10-9-27-21-30(16-13-26(27)20-28)47-34(43)25-11-14-29(15-12-25)45-19-18-39-33(42)31(8-4-5-17-38-23-41)40-35(44)46-22-24-6-2-1-3-7-24/h1-3,6-7,9-16,20-21,23,31H,4-5,8,17-19,22H2,(H3,36,37)(H,38,41)(H,39,42)(H,40,44). The monoisotopic (exact) mass is 639 g/mol. The topological polar surface area (TPSA) is 182 Å². The molecular formula is C35H37N5O7. The number of amidine groups is 1. The van der Waals surface area contributed by atoms with Crippen LogP contribution in [0.4, 0.5) is 4.79 Å². The second-order valence-electron chi connectivity index (χ2n) is 10.5. The minimum Gasteiger partial charge on any atom is -0.492 e. The molecule has 6 N–H and O–H groups in total. The molecule has 1 unspecified atom stereocenters. The lowest BCUT2D eigenvalue weighted by Crippen LogP contribution is -2.47. The van der Waals surface area contributed by atoms with Gasteiger partial charge in [-0.05, 0) is 78.1 Å². The molecule has 3 amide bonds. The highest BCUT2D eigenvalue weighted by molar-refractivity contribution is 5.99. The third kappa shape index (κ3) is 10.9. The zero-order valence-electron chi connectivity index (χ0n) is 25.7. The molecule has 0 aliphatic rings. The van der Waals surface area contributed by atoms with Gasteiger partial charge in [0.15, 0.2) is 0 Å². The second kappa shape index (κ2) is 17.5. The second-order valence-corrected chi connectivity index (χ2v) is 10.5. The van der Waals surface area contributed by atoms with Gasteiger partial charge in [0.1, 0.15) is 36.6 Å². The lowest BCUT2D eigenvalue weighted by atomic mass is 10.1. The number of ether oxygens (including phenoxy) is 3. The van der Waals surface area contributed by atoms with Crippen molar-refractivity contribution in [2.24, 2.45) is 5.73 Å². The minimum atomic E-state index is -0.833. The van der Waals surface area contributed by atoms with Gasteiger partial charge in [0, 0.05) is 12.1 Å². The fraction of sp³-hybridized carbons (Fsp3) is 0.229. The van der Waals surface area contributed by atoms with Crippen molar-refractivity contribution in [3.05, 3.63) is 108 Å². The van der Waals surface area contributed by atoms with Crippen LogP contribution in [0, 0.1) is 5.41 Å². The van der Waals surface area contributed by atoms with Gasteiger partial charge in [0.25, 0.3) is 0 Å². The Bertz CT molecular complexity index is 1680. The van der Waals surface area contributed by atoms with E-state index in [1.54, 1.807) is 54.6 Å². The van der Waals surface area contributed by atoms with Crippen LogP contribution in [0.25, 0.3) is 10.8 Å². The van der Waals surface area contributed by atoms with E-state index < -0.39 is 18.1 Å². The molecule has 244 valence electrons. The van der Waals surface area contributed by atoms with Crippen molar-refractivity contribution in [1.82, 2.24) is 16.0 Å². The molecule has 12 nitrogen and oxygen atoms in total. The van der Waals surface area contributed by atoms with Crippen LogP contribution in [0.2, 0.25) is 0 Å². The van der Waals surface area contributed by atoms with E-state index in [2.05, 4.69) is 16.0 Å². The predicted octanol–water partition coefficient (Wildman–Crippen LogP) is 4.05. The number of rotatable bonds is 17. The number of amides is 3. The lowest BCUT2D eigenvalue weighted by Gasteiger charge is -2.18. The summed E-state index contributed by atoms with van der Waals surface area (Å²) in [5, 5.41) is 17.3. The number of carbonyl (C=O) groups excluding carboxylic acids is 4. The third-order valence-corrected chi connectivity index (χ3v) is 7.06. The van der Waals surface area contributed by atoms with E-state index >= 15 is 0 Å². The Balaban J connectivity index is 1.23. The first-order valence-corrected chi connectivity index (χ1v) is 15.1. The van der Waals surface area contributed by atoms with E-state index in [9.17, 15) is 19.2 Å². The lowest BCUT2D eigenvalue weighted by molar-refractivity contribution is -0.123. The Labute approximate surface area is 272 Å². The predicted molar refractivity (Wildman–Crippen MR) is 176 cm³/mol. The number of benzene rings is 4. The van der Waals surface area contributed by atoms with Crippen LogP contribution in [-0.4, -0.2) is 56.0 Å². The number of fused-ring (bicyclic) bond motifs is 1. The van der Waals surface area contributed by atoms with Crippen molar-refractivity contribution in [2.75, 3.05) is 19.7 Å². The van der Waals surface area contributed by atoms with Crippen LogP contribution in [0.15, 0.2) is 91.0 Å². The summed E-state index contributed by atoms with van der Waals surface area (Å²) in [6.45, 7) is 0.852. The van der Waals surface area contributed by atoms with Gasteiger partial charge < -0.3 is 35.9 Å². The first-order chi connectivity index (χ1) is 22.8. The quantitative estimate of drug-likeness (QED) is 0.0286. The molecule has 0 saturated heterocycles. The number of unbranched alkanes of at least 4 members (excludes halogenated alkanes) is 1. The smallest absolute Gasteiger partial charge is 0.408 e. The molecule has 0 fully saturated rings. The van der Waals surface area contributed by atoms with Crippen molar-refractivity contribution in [1.29, 1.82) is 5.41 Å². The molecular weight excluding hydrogens is 602 g/mol. The average molecular weight is 640 g/mol. The summed E-state index contributed by atoms with van der Waals surface area (Å²) < 4.78 is 16.5. The van der Waals surface area contributed by atoms with Crippen LogP contribution in [0.1, 0.15) is 40.7 Å². The van der Waals surface area contributed by atoms with E-state index in [0.29, 0.717) is 54.8 Å². The molecule has 4 rings (SSSR count). The third-order valence-electron chi connectivity index (χ3n) is 7.06. The number of carbonyl (C=O) groups is 4. The number of alkyl carbamates (subject to hydrolysis) is 1. The maximum Gasteiger partial charge on any atom is 0.408 e. The van der Waals surface area contributed by atoms with Gasteiger partial charge in [-0.2, -0.15) is 0 Å². The number of nitrogens with two attached hydrogens (primary N) is 1. The summed E-state index contributed by atoms with van der Waals surface area (Å²) in [7, 11) is 0. The van der Waals surface area contributed by atoms with Gasteiger partial charge in [0.2, 0.25) is 12.3 Å². The molecule has 0 aromatic heterocycles. The van der Waals surface area contributed by atoms with Gasteiger partial charge in [0.05, 0.1) is 12.1 Å². The van der Waals surface area contributed by atoms with E-state index in [1.807, 2.05) is 36.4 Å². The van der Waals surface area contributed by atoms with Crippen LogP contribution >= 0.6 is 0 Å². The highest BCUT2D eigenvalue weighted by atomic mass is 16.5. The van der Waals surface area contributed by atoms with Gasteiger partial charge in [-0.25, -0.2) is 9.59 Å². The molecule has 0 radical (unpaired) electrons. The Morgan fingerprint density at radius 2 is 1.53 bits per heavy atom. The van der Waals surface area contributed by atoms with E-state index in [1.165, 1.54) is 0 Å². The number of nitrogens with one attached hydrogen (secondary N) is 4. The van der Waals surface area contributed by atoms with Gasteiger partial charge >= 0.3 is 12.1 Å². The number of nitrogen functional groups attached to an aromatic ring is 1. The summed E-state index contributed by atoms with van der Waals surface area (Å²) in [4.78, 5) is 48.5. The maximum absolute atomic E-state index is 12.9. The van der Waals surface area contributed by atoms with Crippen molar-refractivity contribution in [3.8, 4) is 11.5 Å². The summed E-state index contributed by atoms with van der Waals surface area (Å²) >= 11 is 0. The van der Waals surface area contributed by atoms with E-state index in [4.69, 9.17) is 25.4 Å². The molecule has 0 spiro atoms. The summed E-state index contributed by atoms with van der Waals surface area (Å²) in [6, 6.07) is 25.3.